The minimum Gasteiger partial charge on any atom is -0.395 e. The van der Waals surface area contributed by atoms with Crippen molar-refractivity contribution in [2.75, 3.05) is 18.1 Å². The van der Waals surface area contributed by atoms with Gasteiger partial charge in [-0.25, -0.2) is 4.39 Å². The Balaban J connectivity index is 2.45. The monoisotopic (exact) mass is 346 g/mol. The number of anilines is 1. The highest BCUT2D eigenvalue weighted by molar-refractivity contribution is 9.10. The molecular formula is C13H16BrFN2O3. The van der Waals surface area contributed by atoms with Crippen LogP contribution < -0.4 is 4.90 Å². The smallest absolute Gasteiger partial charge is 0.293 e. The van der Waals surface area contributed by atoms with E-state index in [0.29, 0.717) is 0 Å². The molecule has 0 aliphatic heterocycles. The quantitative estimate of drug-likeness (QED) is 0.656. The van der Waals surface area contributed by atoms with Gasteiger partial charge in [0.25, 0.3) is 5.69 Å². The van der Waals surface area contributed by atoms with Crippen LogP contribution in [0.5, 0.6) is 0 Å². The van der Waals surface area contributed by atoms with E-state index in [2.05, 4.69) is 15.9 Å². The lowest BCUT2D eigenvalue weighted by atomic mass is 10.1. The van der Waals surface area contributed by atoms with E-state index in [1.807, 2.05) is 0 Å². The molecule has 1 aromatic rings. The average Bonchev–Trinajstić information content (AvgIpc) is 2.92. The molecular weight excluding hydrogens is 331 g/mol. The molecule has 0 spiro atoms. The van der Waals surface area contributed by atoms with Crippen molar-refractivity contribution in [3.05, 3.63) is 32.5 Å². The van der Waals surface area contributed by atoms with Crippen LogP contribution in [0.25, 0.3) is 0 Å². The largest absolute Gasteiger partial charge is 0.395 e. The molecule has 0 aromatic heterocycles. The number of aliphatic hydroxyl groups excluding tert-OH is 1. The maximum Gasteiger partial charge on any atom is 0.293 e. The van der Waals surface area contributed by atoms with Gasteiger partial charge in [0.05, 0.1) is 16.0 Å². The third-order valence-electron chi connectivity index (χ3n) is 3.63. The fourth-order valence-corrected chi connectivity index (χ4v) is 3.06. The van der Waals surface area contributed by atoms with Gasteiger partial charge in [-0.2, -0.15) is 0 Å². The molecule has 1 N–H and O–H groups in total. The van der Waals surface area contributed by atoms with E-state index in [1.54, 1.807) is 4.90 Å². The van der Waals surface area contributed by atoms with E-state index in [-0.39, 0.29) is 35.0 Å². The highest BCUT2D eigenvalue weighted by atomic mass is 79.9. The molecule has 1 saturated carbocycles. The summed E-state index contributed by atoms with van der Waals surface area (Å²) in [5.74, 6) is -0.536. The zero-order chi connectivity index (χ0) is 14.7. The van der Waals surface area contributed by atoms with Crippen LogP contribution in [0.3, 0.4) is 0 Å². The first-order valence-electron chi connectivity index (χ1n) is 6.55. The summed E-state index contributed by atoms with van der Waals surface area (Å²) >= 11 is 2.97. The van der Waals surface area contributed by atoms with Crippen LogP contribution >= 0.6 is 15.9 Å². The zero-order valence-corrected chi connectivity index (χ0v) is 12.5. The Morgan fingerprint density at radius 2 is 2.10 bits per heavy atom. The third-order valence-corrected chi connectivity index (χ3v) is 4.24. The summed E-state index contributed by atoms with van der Waals surface area (Å²) in [6, 6.07) is 2.49. The predicted octanol–water partition coefficient (Wildman–Crippen LogP) is 3.24. The topological polar surface area (TPSA) is 66.6 Å². The minimum absolute atomic E-state index is 0.0725. The Bertz CT molecular complexity index is 507. The maximum atomic E-state index is 13.8. The SMILES string of the molecule is O=[N+]([O-])c1cc(Br)c(F)cc1N(CCO)C1CCCC1. The lowest BCUT2D eigenvalue weighted by Crippen LogP contribution is -2.36. The van der Waals surface area contributed by atoms with E-state index in [1.165, 1.54) is 12.1 Å². The predicted molar refractivity (Wildman–Crippen MR) is 77.4 cm³/mol. The van der Waals surface area contributed by atoms with Gasteiger partial charge in [-0.05, 0) is 28.8 Å². The lowest BCUT2D eigenvalue weighted by molar-refractivity contribution is -0.384. The van der Waals surface area contributed by atoms with E-state index in [0.717, 1.165) is 25.7 Å². The standard InChI is InChI=1S/C13H16BrFN2O3/c14-10-7-13(17(19)20)12(8-11(10)15)16(5-6-18)9-3-1-2-4-9/h7-9,18H,1-6H2. The summed E-state index contributed by atoms with van der Waals surface area (Å²) in [5.41, 5.74) is 0.107. The van der Waals surface area contributed by atoms with Crippen molar-refractivity contribution in [2.24, 2.45) is 0 Å². The number of aliphatic hydroxyl groups is 1. The van der Waals surface area contributed by atoms with Crippen molar-refractivity contribution in [2.45, 2.75) is 31.7 Å². The highest BCUT2D eigenvalue weighted by Crippen LogP contribution is 2.37. The Morgan fingerprint density at radius 3 is 2.65 bits per heavy atom. The normalized spacial score (nSPS) is 15.6. The number of nitro groups is 1. The van der Waals surface area contributed by atoms with E-state index >= 15 is 0 Å². The summed E-state index contributed by atoms with van der Waals surface area (Å²) in [4.78, 5) is 12.4. The Kier molecular flexibility index (Phi) is 4.93. The molecule has 1 aliphatic carbocycles. The Morgan fingerprint density at radius 1 is 1.45 bits per heavy atom. The van der Waals surface area contributed by atoms with Crippen molar-refractivity contribution in [1.29, 1.82) is 0 Å². The second-order valence-electron chi connectivity index (χ2n) is 4.87. The molecule has 0 bridgehead atoms. The van der Waals surface area contributed by atoms with Crippen molar-refractivity contribution < 1.29 is 14.4 Å². The lowest BCUT2D eigenvalue weighted by Gasteiger charge is -2.30. The van der Waals surface area contributed by atoms with Gasteiger partial charge in [0.2, 0.25) is 0 Å². The van der Waals surface area contributed by atoms with Crippen molar-refractivity contribution in [1.82, 2.24) is 0 Å². The summed E-state index contributed by atoms with van der Waals surface area (Å²) in [6.07, 6.45) is 3.93. The number of rotatable bonds is 5. The van der Waals surface area contributed by atoms with Crippen LogP contribution in [-0.2, 0) is 0 Å². The molecule has 2 rings (SSSR count). The molecule has 0 radical (unpaired) electrons. The molecule has 110 valence electrons. The Labute approximate surface area is 124 Å². The third kappa shape index (κ3) is 3.09. The second kappa shape index (κ2) is 6.49. The molecule has 0 saturated heterocycles. The second-order valence-corrected chi connectivity index (χ2v) is 5.72. The number of halogens is 2. The van der Waals surface area contributed by atoms with Crippen LogP contribution in [0.2, 0.25) is 0 Å². The van der Waals surface area contributed by atoms with E-state index in [4.69, 9.17) is 0 Å². The number of hydrogen-bond donors (Lipinski definition) is 1. The van der Waals surface area contributed by atoms with Gasteiger partial charge in [-0.3, -0.25) is 10.1 Å². The molecule has 0 atom stereocenters. The summed E-state index contributed by atoms with van der Waals surface area (Å²) in [7, 11) is 0. The summed E-state index contributed by atoms with van der Waals surface area (Å²) in [5, 5.41) is 20.4. The van der Waals surface area contributed by atoms with Gasteiger partial charge in [0, 0.05) is 24.7 Å². The minimum atomic E-state index is -0.536. The van der Waals surface area contributed by atoms with Crippen LogP contribution in [0.4, 0.5) is 15.8 Å². The molecule has 5 nitrogen and oxygen atoms in total. The van der Waals surface area contributed by atoms with Gasteiger partial charge in [-0.1, -0.05) is 12.8 Å². The first-order valence-corrected chi connectivity index (χ1v) is 7.35. The summed E-state index contributed by atoms with van der Waals surface area (Å²) in [6.45, 7) is 0.151. The van der Waals surface area contributed by atoms with Gasteiger partial charge in [-0.15, -0.1) is 0 Å². The number of nitro benzene ring substituents is 1. The molecule has 1 aliphatic rings. The van der Waals surface area contributed by atoms with Crippen molar-refractivity contribution in [3.63, 3.8) is 0 Å². The zero-order valence-electron chi connectivity index (χ0n) is 10.9. The van der Waals surface area contributed by atoms with Crippen molar-refractivity contribution in [3.8, 4) is 0 Å². The highest BCUT2D eigenvalue weighted by Gasteiger charge is 2.29. The molecule has 7 heteroatoms. The molecule has 0 heterocycles. The molecule has 0 amide bonds. The van der Waals surface area contributed by atoms with Crippen molar-refractivity contribution >= 4 is 27.3 Å². The molecule has 0 unspecified atom stereocenters. The van der Waals surface area contributed by atoms with Crippen LogP contribution in [-0.4, -0.2) is 29.2 Å². The fraction of sp³-hybridized carbons (Fsp3) is 0.538. The molecule has 20 heavy (non-hydrogen) atoms. The first kappa shape index (κ1) is 15.2. The van der Waals surface area contributed by atoms with Gasteiger partial charge < -0.3 is 10.0 Å². The van der Waals surface area contributed by atoms with E-state index in [9.17, 15) is 19.6 Å². The van der Waals surface area contributed by atoms with Gasteiger partial charge in [0.15, 0.2) is 0 Å². The van der Waals surface area contributed by atoms with Gasteiger partial charge in [0.1, 0.15) is 11.5 Å². The number of nitrogens with zero attached hydrogens (tertiary/aromatic N) is 2. The first-order chi connectivity index (χ1) is 9.54. The van der Waals surface area contributed by atoms with E-state index < -0.39 is 10.7 Å². The Hall–Kier alpha value is -1.21. The maximum absolute atomic E-state index is 13.8. The molecule has 1 fully saturated rings. The van der Waals surface area contributed by atoms with Crippen LogP contribution in [0, 0.1) is 15.9 Å². The van der Waals surface area contributed by atoms with Crippen LogP contribution in [0.15, 0.2) is 16.6 Å². The number of benzene rings is 1. The number of hydrogen-bond acceptors (Lipinski definition) is 4. The molecule has 1 aromatic carbocycles. The van der Waals surface area contributed by atoms with Crippen LogP contribution in [0.1, 0.15) is 25.7 Å². The van der Waals surface area contributed by atoms with Gasteiger partial charge >= 0.3 is 0 Å². The fourth-order valence-electron chi connectivity index (χ4n) is 2.73. The summed E-state index contributed by atoms with van der Waals surface area (Å²) < 4.78 is 13.8. The average molecular weight is 347 g/mol.